The zero-order valence-electron chi connectivity index (χ0n) is 14.9. The van der Waals surface area contributed by atoms with Gasteiger partial charge in [0.05, 0.1) is 35.5 Å². The minimum atomic E-state index is -0.755. The lowest BCUT2D eigenvalue weighted by atomic mass is 10.0. The molecule has 1 aliphatic heterocycles. The van der Waals surface area contributed by atoms with Crippen molar-refractivity contribution in [2.75, 3.05) is 11.9 Å². The molecular formula is C19H15FN6O2. The van der Waals surface area contributed by atoms with Crippen LogP contribution >= 0.6 is 0 Å². The average Bonchev–Trinajstić information content (AvgIpc) is 2.67. The van der Waals surface area contributed by atoms with Gasteiger partial charge in [-0.2, -0.15) is 10.5 Å². The Morgan fingerprint density at radius 2 is 2.21 bits per heavy atom. The first-order valence-corrected chi connectivity index (χ1v) is 8.35. The van der Waals surface area contributed by atoms with Gasteiger partial charge in [-0.05, 0) is 25.1 Å². The number of hydrogen-bond donors (Lipinski definition) is 2. The maximum absolute atomic E-state index is 14.0. The third kappa shape index (κ3) is 3.74. The number of fused-ring (bicyclic) bond motifs is 1. The Morgan fingerprint density at radius 1 is 1.43 bits per heavy atom. The summed E-state index contributed by atoms with van der Waals surface area (Å²) < 4.78 is 14.0. The van der Waals surface area contributed by atoms with Crippen molar-refractivity contribution in [3.63, 3.8) is 0 Å². The largest absolute Gasteiger partial charge is 0.346 e. The highest BCUT2D eigenvalue weighted by Crippen LogP contribution is 2.26. The molecule has 1 atom stereocenters. The van der Waals surface area contributed by atoms with E-state index in [0.717, 1.165) is 6.07 Å². The quantitative estimate of drug-likeness (QED) is 0.844. The van der Waals surface area contributed by atoms with E-state index in [9.17, 15) is 19.2 Å². The monoisotopic (exact) mass is 378 g/mol. The number of benzene rings is 1. The van der Waals surface area contributed by atoms with Gasteiger partial charge in [-0.15, -0.1) is 0 Å². The molecule has 28 heavy (non-hydrogen) atoms. The van der Waals surface area contributed by atoms with Crippen LogP contribution in [0.15, 0.2) is 30.5 Å². The highest BCUT2D eigenvalue weighted by atomic mass is 19.1. The van der Waals surface area contributed by atoms with Crippen molar-refractivity contribution in [3.8, 4) is 12.1 Å². The van der Waals surface area contributed by atoms with Crippen LogP contribution in [0.4, 0.5) is 14.9 Å². The Labute approximate surface area is 160 Å². The molecule has 2 N–H and O–H groups in total. The molecule has 0 aliphatic carbocycles. The van der Waals surface area contributed by atoms with Crippen LogP contribution in [0.1, 0.15) is 35.3 Å². The number of carbonyl (C=O) groups excluding carboxylic acids is 2. The summed E-state index contributed by atoms with van der Waals surface area (Å²) in [5.41, 5.74) is 1.66. The van der Waals surface area contributed by atoms with Crippen molar-refractivity contribution < 1.29 is 14.0 Å². The fraction of sp³-hybridized carbons (Fsp3) is 0.211. The molecule has 8 nitrogen and oxygen atoms in total. The van der Waals surface area contributed by atoms with Crippen molar-refractivity contribution in [2.24, 2.45) is 0 Å². The van der Waals surface area contributed by atoms with Crippen LogP contribution in [0, 0.1) is 28.5 Å². The van der Waals surface area contributed by atoms with E-state index in [2.05, 4.69) is 21.7 Å². The number of rotatable bonds is 4. The number of aromatic nitrogens is 1. The number of nitrogens with one attached hydrogen (secondary N) is 2. The van der Waals surface area contributed by atoms with Crippen molar-refractivity contribution >= 4 is 17.6 Å². The Bertz CT molecular complexity index is 1040. The lowest BCUT2D eigenvalue weighted by Crippen LogP contribution is -2.45. The SMILES string of the molecule is C[C@@H](NC(=O)CN1Cc2c(C#N)cccc2NC1=O)c1ncc(C#N)cc1F. The minimum absolute atomic E-state index is 0.00689. The summed E-state index contributed by atoms with van der Waals surface area (Å²) in [5.74, 6) is -1.21. The zero-order chi connectivity index (χ0) is 20.3. The van der Waals surface area contributed by atoms with Gasteiger partial charge in [-0.25, -0.2) is 9.18 Å². The smallest absolute Gasteiger partial charge is 0.322 e. The molecular weight excluding hydrogens is 363 g/mol. The van der Waals surface area contributed by atoms with E-state index in [1.807, 2.05) is 0 Å². The number of carbonyl (C=O) groups is 2. The number of anilines is 1. The first-order chi connectivity index (χ1) is 13.4. The number of pyridine rings is 1. The van der Waals surface area contributed by atoms with Crippen LogP contribution in [0.25, 0.3) is 0 Å². The zero-order valence-corrected chi connectivity index (χ0v) is 14.9. The third-order valence-corrected chi connectivity index (χ3v) is 4.30. The van der Waals surface area contributed by atoms with Crippen LogP contribution < -0.4 is 10.6 Å². The first-order valence-electron chi connectivity index (χ1n) is 8.35. The van der Waals surface area contributed by atoms with E-state index in [1.165, 1.54) is 11.1 Å². The third-order valence-electron chi connectivity index (χ3n) is 4.30. The summed E-state index contributed by atoms with van der Waals surface area (Å²) in [5, 5.41) is 23.2. The summed E-state index contributed by atoms with van der Waals surface area (Å²) in [4.78, 5) is 29.7. The van der Waals surface area contributed by atoms with Gasteiger partial charge in [0.1, 0.15) is 18.4 Å². The molecule has 0 radical (unpaired) electrons. The number of amides is 3. The summed E-state index contributed by atoms with van der Waals surface area (Å²) >= 11 is 0. The fourth-order valence-corrected chi connectivity index (χ4v) is 2.92. The van der Waals surface area contributed by atoms with Crippen LogP contribution in [-0.2, 0) is 11.3 Å². The van der Waals surface area contributed by atoms with Gasteiger partial charge in [0, 0.05) is 17.4 Å². The number of hydrogen-bond acceptors (Lipinski definition) is 5. The normalized spacial score (nSPS) is 13.6. The van der Waals surface area contributed by atoms with E-state index < -0.39 is 23.8 Å². The average molecular weight is 378 g/mol. The van der Waals surface area contributed by atoms with E-state index in [-0.39, 0.29) is 24.3 Å². The van der Waals surface area contributed by atoms with E-state index in [4.69, 9.17) is 5.26 Å². The standard InChI is InChI=1S/C19H15FN6O2/c1-11(18-15(20)5-12(6-21)8-23-18)24-17(27)10-26-9-14-13(7-22)3-2-4-16(14)25-19(26)28/h2-5,8,11H,9-10H2,1H3,(H,24,27)(H,25,28)/t11-/m1/s1. The molecule has 1 aromatic heterocycles. The van der Waals surface area contributed by atoms with E-state index in [1.54, 1.807) is 31.2 Å². The van der Waals surface area contributed by atoms with Crippen molar-refractivity contribution in [2.45, 2.75) is 19.5 Å². The Morgan fingerprint density at radius 3 is 2.89 bits per heavy atom. The molecule has 2 aromatic rings. The molecule has 3 rings (SSSR count). The second-order valence-electron chi connectivity index (χ2n) is 6.22. The molecule has 0 saturated carbocycles. The predicted molar refractivity (Wildman–Crippen MR) is 96.1 cm³/mol. The number of nitriles is 2. The van der Waals surface area contributed by atoms with Gasteiger partial charge < -0.3 is 15.5 Å². The molecule has 0 bridgehead atoms. The molecule has 0 saturated heterocycles. The van der Waals surface area contributed by atoms with Crippen molar-refractivity contribution in [3.05, 3.63) is 58.7 Å². The number of nitrogens with zero attached hydrogens (tertiary/aromatic N) is 4. The summed E-state index contributed by atoms with van der Waals surface area (Å²) in [6, 6.07) is 8.66. The summed E-state index contributed by atoms with van der Waals surface area (Å²) in [7, 11) is 0. The van der Waals surface area contributed by atoms with Gasteiger partial charge in [0.25, 0.3) is 0 Å². The fourth-order valence-electron chi connectivity index (χ4n) is 2.92. The van der Waals surface area contributed by atoms with Crippen LogP contribution in [-0.4, -0.2) is 28.4 Å². The molecule has 0 spiro atoms. The first kappa shape index (κ1) is 18.8. The summed E-state index contributed by atoms with van der Waals surface area (Å²) in [6.45, 7) is 1.39. The van der Waals surface area contributed by atoms with Gasteiger partial charge in [0.2, 0.25) is 5.91 Å². The highest BCUT2D eigenvalue weighted by molar-refractivity contribution is 5.95. The van der Waals surface area contributed by atoms with Gasteiger partial charge >= 0.3 is 6.03 Å². The van der Waals surface area contributed by atoms with Gasteiger partial charge in [-0.3, -0.25) is 9.78 Å². The second kappa shape index (κ2) is 7.72. The molecule has 0 fully saturated rings. The molecule has 3 amide bonds. The second-order valence-corrected chi connectivity index (χ2v) is 6.22. The Hall–Kier alpha value is -3.98. The molecule has 1 aliphatic rings. The molecule has 2 heterocycles. The number of urea groups is 1. The van der Waals surface area contributed by atoms with E-state index in [0.29, 0.717) is 16.8 Å². The molecule has 140 valence electrons. The molecule has 1 aromatic carbocycles. The van der Waals surface area contributed by atoms with Gasteiger partial charge in [0.15, 0.2) is 0 Å². The summed E-state index contributed by atoms with van der Waals surface area (Å²) in [6.07, 6.45) is 1.22. The van der Waals surface area contributed by atoms with Crippen LogP contribution in [0.2, 0.25) is 0 Å². The van der Waals surface area contributed by atoms with Gasteiger partial charge in [-0.1, -0.05) is 6.07 Å². The Kier molecular flexibility index (Phi) is 5.18. The van der Waals surface area contributed by atoms with Crippen molar-refractivity contribution in [1.82, 2.24) is 15.2 Å². The number of halogens is 1. The molecule has 9 heteroatoms. The van der Waals surface area contributed by atoms with Crippen LogP contribution in [0.3, 0.4) is 0 Å². The van der Waals surface area contributed by atoms with Crippen molar-refractivity contribution in [1.29, 1.82) is 10.5 Å². The lowest BCUT2D eigenvalue weighted by molar-refractivity contribution is -0.122. The highest BCUT2D eigenvalue weighted by Gasteiger charge is 2.27. The van der Waals surface area contributed by atoms with E-state index >= 15 is 0 Å². The Balaban J connectivity index is 1.69. The topological polar surface area (TPSA) is 122 Å². The minimum Gasteiger partial charge on any atom is -0.346 e. The predicted octanol–water partition coefficient (Wildman–Crippen LogP) is 2.19. The lowest BCUT2D eigenvalue weighted by Gasteiger charge is -2.29. The molecule has 0 unspecified atom stereocenters. The maximum atomic E-state index is 14.0. The van der Waals surface area contributed by atoms with Crippen LogP contribution in [0.5, 0.6) is 0 Å². The maximum Gasteiger partial charge on any atom is 0.322 e.